The topological polar surface area (TPSA) is 110 Å². The minimum absolute atomic E-state index is 0.0671. The molecule has 0 aliphatic carbocycles. The maximum absolute atomic E-state index is 14.1. The highest BCUT2D eigenvalue weighted by molar-refractivity contribution is 14.1. The highest BCUT2D eigenvalue weighted by Gasteiger charge is 2.40. The standard InChI is InChI=1S/C9H13FIN3O4/c1-18-9(12,4-11)6(10)7(16)14-3-2-5(15)13-8(14)17/h2-3,6-7,16H,4,12H2,1H3,(H,13,15,17)/t6-,7+,9+/m0/s1. The lowest BCUT2D eigenvalue weighted by Crippen LogP contribution is -2.56. The lowest BCUT2D eigenvalue weighted by atomic mass is 10.1. The number of hydrogen-bond acceptors (Lipinski definition) is 5. The molecule has 0 bridgehead atoms. The highest BCUT2D eigenvalue weighted by atomic mass is 127. The molecular weight excluding hydrogens is 360 g/mol. The summed E-state index contributed by atoms with van der Waals surface area (Å²) >= 11 is 1.80. The summed E-state index contributed by atoms with van der Waals surface area (Å²) < 4.78 is 19.6. The Bertz CT molecular complexity index is 513. The first-order valence-electron chi connectivity index (χ1n) is 4.89. The van der Waals surface area contributed by atoms with Gasteiger partial charge in [0.25, 0.3) is 5.56 Å². The van der Waals surface area contributed by atoms with Gasteiger partial charge in [0.2, 0.25) is 0 Å². The Kier molecular flexibility index (Phi) is 5.01. The van der Waals surface area contributed by atoms with Gasteiger partial charge >= 0.3 is 5.69 Å². The molecule has 0 aliphatic rings. The van der Waals surface area contributed by atoms with E-state index in [-0.39, 0.29) is 4.43 Å². The molecule has 0 saturated carbocycles. The fourth-order valence-corrected chi connectivity index (χ4v) is 2.00. The Morgan fingerprint density at radius 3 is 2.78 bits per heavy atom. The zero-order valence-corrected chi connectivity index (χ0v) is 11.6. The summed E-state index contributed by atoms with van der Waals surface area (Å²) in [6.45, 7) is 0. The maximum atomic E-state index is 14.1. The van der Waals surface area contributed by atoms with Crippen LogP contribution in [0.25, 0.3) is 0 Å². The number of ether oxygens (including phenoxy) is 1. The van der Waals surface area contributed by atoms with Crippen molar-refractivity contribution in [2.75, 3.05) is 11.5 Å². The van der Waals surface area contributed by atoms with E-state index in [9.17, 15) is 19.1 Å². The van der Waals surface area contributed by atoms with Gasteiger partial charge in [0, 0.05) is 23.8 Å². The number of aliphatic hydroxyl groups is 1. The van der Waals surface area contributed by atoms with E-state index in [1.54, 1.807) is 22.6 Å². The fourth-order valence-electron chi connectivity index (χ4n) is 1.27. The van der Waals surface area contributed by atoms with Crippen LogP contribution >= 0.6 is 22.6 Å². The van der Waals surface area contributed by atoms with Crippen LogP contribution in [0, 0.1) is 0 Å². The Hall–Kier alpha value is -0.780. The molecule has 0 fully saturated rings. The van der Waals surface area contributed by atoms with Crippen molar-refractivity contribution in [2.45, 2.75) is 18.1 Å². The summed E-state index contributed by atoms with van der Waals surface area (Å²) in [4.78, 5) is 24.1. The number of aromatic amines is 1. The van der Waals surface area contributed by atoms with Gasteiger partial charge in [-0.15, -0.1) is 0 Å². The third-order valence-electron chi connectivity index (χ3n) is 2.45. The van der Waals surface area contributed by atoms with Crippen LogP contribution in [0.2, 0.25) is 0 Å². The molecule has 3 atom stereocenters. The van der Waals surface area contributed by atoms with Crippen molar-refractivity contribution in [3.8, 4) is 0 Å². The van der Waals surface area contributed by atoms with Gasteiger partial charge in [-0.05, 0) is 0 Å². The zero-order valence-electron chi connectivity index (χ0n) is 9.47. The van der Waals surface area contributed by atoms with Gasteiger partial charge < -0.3 is 15.6 Å². The minimum atomic E-state index is -2.04. The van der Waals surface area contributed by atoms with E-state index in [0.717, 1.165) is 12.3 Å². The van der Waals surface area contributed by atoms with Crippen LogP contribution in [0.3, 0.4) is 0 Å². The Labute approximate surface area is 115 Å². The second-order valence-corrected chi connectivity index (χ2v) is 4.39. The number of hydrogen-bond donors (Lipinski definition) is 3. The van der Waals surface area contributed by atoms with Crippen LogP contribution in [0.4, 0.5) is 4.39 Å². The number of rotatable bonds is 5. The van der Waals surface area contributed by atoms with Crippen molar-refractivity contribution in [1.82, 2.24) is 9.55 Å². The van der Waals surface area contributed by atoms with Crippen molar-refractivity contribution < 1.29 is 14.2 Å². The predicted molar refractivity (Wildman–Crippen MR) is 70.3 cm³/mol. The molecule has 0 amide bonds. The molecule has 0 aliphatic heterocycles. The lowest BCUT2D eigenvalue weighted by Gasteiger charge is -2.32. The Morgan fingerprint density at radius 2 is 2.33 bits per heavy atom. The summed E-state index contributed by atoms with van der Waals surface area (Å²) in [6, 6.07) is 0.992. The first kappa shape index (κ1) is 15.3. The predicted octanol–water partition coefficient (Wildman–Crippen LogP) is -0.898. The van der Waals surface area contributed by atoms with Crippen molar-refractivity contribution in [3.63, 3.8) is 0 Å². The number of nitrogens with zero attached hydrogens (tertiary/aromatic N) is 1. The number of nitrogens with one attached hydrogen (secondary N) is 1. The van der Waals surface area contributed by atoms with Crippen molar-refractivity contribution in [3.05, 3.63) is 33.1 Å². The number of alkyl halides is 2. The number of halogens is 2. The van der Waals surface area contributed by atoms with E-state index in [4.69, 9.17) is 10.5 Å². The SMILES string of the molecule is CO[C@](N)(CI)[C@@H](F)[C@@H](O)n1ccc(=O)[nH]c1=O. The van der Waals surface area contributed by atoms with E-state index in [0.29, 0.717) is 4.57 Å². The maximum Gasteiger partial charge on any atom is 0.330 e. The summed E-state index contributed by atoms with van der Waals surface area (Å²) in [5.74, 6) is 0. The zero-order chi connectivity index (χ0) is 13.9. The van der Waals surface area contributed by atoms with Gasteiger partial charge in [0.05, 0.1) is 0 Å². The molecule has 7 nitrogen and oxygen atoms in total. The molecule has 9 heteroatoms. The number of H-pyrrole nitrogens is 1. The van der Waals surface area contributed by atoms with Gasteiger partial charge in [-0.2, -0.15) is 0 Å². The molecule has 1 aromatic heterocycles. The second-order valence-electron chi connectivity index (χ2n) is 3.63. The van der Waals surface area contributed by atoms with Crippen LogP contribution in [-0.4, -0.2) is 38.1 Å². The second kappa shape index (κ2) is 5.91. The summed E-state index contributed by atoms with van der Waals surface area (Å²) in [7, 11) is 1.20. The third kappa shape index (κ3) is 2.96. The normalized spacial score (nSPS) is 18.1. The van der Waals surface area contributed by atoms with E-state index in [2.05, 4.69) is 0 Å². The van der Waals surface area contributed by atoms with E-state index in [1.807, 2.05) is 4.98 Å². The van der Waals surface area contributed by atoms with Gasteiger partial charge in [0.15, 0.2) is 18.1 Å². The van der Waals surface area contributed by atoms with Crippen LogP contribution < -0.4 is 17.0 Å². The van der Waals surface area contributed by atoms with Crippen molar-refractivity contribution >= 4 is 22.6 Å². The number of methoxy groups -OCH3 is 1. The third-order valence-corrected chi connectivity index (χ3v) is 3.65. The van der Waals surface area contributed by atoms with Gasteiger partial charge in [-0.25, -0.2) is 9.18 Å². The molecule has 4 N–H and O–H groups in total. The molecule has 1 aromatic rings. The molecule has 1 rings (SSSR count). The Balaban J connectivity index is 3.10. The quantitative estimate of drug-likeness (QED) is 0.352. The molecule has 0 saturated heterocycles. The van der Waals surface area contributed by atoms with E-state index < -0.39 is 29.4 Å². The average Bonchev–Trinajstić information content (AvgIpc) is 2.36. The molecule has 0 unspecified atom stereocenters. The summed E-state index contributed by atoms with van der Waals surface area (Å²) in [5, 5.41) is 9.76. The summed E-state index contributed by atoms with van der Waals surface area (Å²) in [5.41, 5.74) is 2.31. The van der Waals surface area contributed by atoms with Gasteiger partial charge in [-0.3, -0.25) is 14.3 Å². The van der Waals surface area contributed by atoms with Crippen LogP contribution in [0.15, 0.2) is 21.9 Å². The molecule has 0 spiro atoms. The monoisotopic (exact) mass is 373 g/mol. The van der Waals surface area contributed by atoms with E-state index >= 15 is 0 Å². The Morgan fingerprint density at radius 1 is 1.72 bits per heavy atom. The number of aliphatic hydroxyl groups excluding tert-OH is 1. The highest BCUT2D eigenvalue weighted by Crippen LogP contribution is 2.23. The largest absolute Gasteiger partial charge is 0.370 e. The number of nitrogens with two attached hydrogens (primary N) is 1. The minimum Gasteiger partial charge on any atom is -0.370 e. The smallest absolute Gasteiger partial charge is 0.330 e. The van der Waals surface area contributed by atoms with Crippen molar-refractivity contribution in [1.29, 1.82) is 0 Å². The molecule has 0 aromatic carbocycles. The lowest BCUT2D eigenvalue weighted by molar-refractivity contribution is -0.114. The van der Waals surface area contributed by atoms with Crippen molar-refractivity contribution in [2.24, 2.45) is 5.73 Å². The first-order chi connectivity index (χ1) is 8.35. The van der Waals surface area contributed by atoms with Crippen LogP contribution in [0.1, 0.15) is 6.23 Å². The fraction of sp³-hybridized carbons (Fsp3) is 0.556. The van der Waals surface area contributed by atoms with Crippen LogP contribution in [-0.2, 0) is 4.74 Å². The molecule has 0 radical (unpaired) electrons. The molecular formula is C9H13FIN3O4. The van der Waals surface area contributed by atoms with Crippen LogP contribution in [0.5, 0.6) is 0 Å². The first-order valence-corrected chi connectivity index (χ1v) is 6.42. The summed E-state index contributed by atoms with van der Waals surface area (Å²) in [6.07, 6.45) is -2.90. The molecule has 1 heterocycles. The van der Waals surface area contributed by atoms with E-state index in [1.165, 1.54) is 7.11 Å². The van der Waals surface area contributed by atoms with Gasteiger partial charge in [-0.1, -0.05) is 22.6 Å². The number of aromatic nitrogens is 2. The molecule has 18 heavy (non-hydrogen) atoms. The molecule has 102 valence electrons. The van der Waals surface area contributed by atoms with Gasteiger partial charge in [0.1, 0.15) is 0 Å². The average molecular weight is 373 g/mol.